The molecule has 0 atom stereocenters. The normalized spacial score (nSPS) is 11.4. The van der Waals surface area contributed by atoms with Crippen molar-refractivity contribution in [2.24, 2.45) is 5.73 Å². The van der Waals surface area contributed by atoms with Gasteiger partial charge < -0.3 is 10.5 Å². The molecule has 3 aromatic rings. The molecule has 0 amide bonds. The van der Waals surface area contributed by atoms with Crippen molar-refractivity contribution < 1.29 is 9.53 Å². The fourth-order valence-electron chi connectivity index (χ4n) is 3.22. The maximum Gasteiger partial charge on any atom is 0.151 e. The molecule has 2 N–H and O–H groups in total. The first-order valence-electron chi connectivity index (χ1n) is 10.8. The number of hydrogen-bond acceptors (Lipinski definition) is 5. The highest BCUT2D eigenvalue weighted by molar-refractivity contribution is 6.34. The van der Waals surface area contributed by atoms with E-state index in [0.29, 0.717) is 21.4 Å². The van der Waals surface area contributed by atoms with Crippen molar-refractivity contribution >= 4 is 40.6 Å². The molecule has 2 aromatic heterocycles. The number of carbonyl (C=O) groups is 1. The number of nitrogens with two attached hydrogens (primary N) is 1. The molecule has 3 rings (SSSR count). The van der Waals surface area contributed by atoms with Crippen LogP contribution in [0.15, 0.2) is 54.7 Å². The molecule has 1 aromatic carbocycles. The third-order valence-electron chi connectivity index (χ3n) is 4.67. The second-order valence-electron chi connectivity index (χ2n) is 6.84. The van der Waals surface area contributed by atoms with Crippen LogP contribution in [0, 0.1) is 6.92 Å². The van der Waals surface area contributed by atoms with E-state index in [1.165, 1.54) is 13.2 Å². The summed E-state index contributed by atoms with van der Waals surface area (Å²) in [5.74, 6) is 0.703. The fraction of sp³-hybridized carbons (Fsp3) is 0.269. The van der Waals surface area contributed by atoms with Gasteiger partial charge in [0.2, 0.25) is 0 Å². The number of ether oxygens (including phenoxy) is 1. The van der Waals surface area contributed by atoms with Crippen LogP contribution in [0.3, 0.4) is 0 Å². The van der Waals surface area contributed by atoms with Crippen molar-refractivity contribution in [2.45, 2.75) is 34.6 Å². The molecule has 6 nitrogen and oxygen atoms in total. The summed E-state index contributed by atoms with van der Waals surface area (Å²) in [6.07, 6.45) is 7.79. The van der Waals surface area contributed by atoms with Crippen LogP contribution in [0.4, 0.5) is 0 Å². The number of hydrogen-bond donors (Lipinski definition) is 1. The molecule has 182 valence electrons. The maximum atomic E-state index is 11.2. The van der Waals surface area contributed by atoms with Gasteiger partial charge in [0, 0.05) is 39.1 Å². The number of nitrogens with zero attached hydrogens (tertiary/aromatic N) is 3. The summed E-state index contributed by atoms with van der Waals surface area (Å²) in [5, 5.41) is 5.58. The van der Waals surface area contributed by atoms with E-state index in [1.807, 2.05) is 52.8 Å². The molecule has 0 saturated carbocycles. The minimum Gasteiger partial charge on any atom is -0.501 e. The average molecular weight is 503 g/mol. The van der Waals surface area contributed by atoms with E-state index in [0.717, 1.165) is 39.9 Å². The number of benzene rings is 1. The molecule has 2 heterocycles. The Hall–Kier alpha value is -2.93. The second-order valence-corrected chi connectivity index (χ2v) is 7.71. The minimum absolute atomic E-state index is 0.495. The molecule has 0 fully saturated rings. The number of allylic oxidation sites excluding steroid dienone is 4. The van der Waals surface area contributed by atoms with Crippen LogP contribution >= 0.6 is 23.2 Å². The number of aromatic nitrogens is 3. The Bertz CT molecular complexity index is 1150. The average Bonchev–Trinajstić information content (AvgIpc) is 3.25. The smallest absolute Gasteiger partial charge is 0.151 e. The molecular formula is C26H32Cl2N4O2. The lowest BCUT2D eigenvalue weighted by atomic mass is 10.0. The molecular weight excluding hydrogens is 471 g/mol. The Morgan fingerprint density at radius 3 is 2.21 bits per heavy atom. The van der Waals surface area contributed by atoms with Crippen LogP contribution in [0.25, 0.3) is 16.8 Å². The number of carbonyl (C=O) groups excluding carboxylic acids is 1. The van der Waals surface area contributed by atoms with Crippen LogP contribution in [-0.4, -0.2) is 35.2 Å². The summed E-state index contributed by atoms with van der Waals surface area (Å²) in [6.45, 7) is 9.85. The van der Waals surface area contributed by atoms with E-state index >= 15 is 0 Å². The van der Waals surface area contributed by atoms with Crippen molar-refractivity contribution in [1.29, 1.82) is 0 Å². The quantitative estimate of drug-likeness (QED) is 0.228. The van der Waals surface area contributed by atoms with Gasteiger partial charge in [-0.1, -0.05) is 37.0 Å². The number of rotatable bonds is 6. The first kappa shape index (κ1) is 29.1. The summed E-state index contributed by atoms with van der Waals surface area (Å²) in [5.41, 5.74) is 10.2. The topological polar surface area (TPSA) is 83.0 Å². The highest BCUT2D eigenvalue weighted by Crippen LogP contribution is 2.30. The molecule has 0 spiro atoms. The zero-order chi connectivity index (χ0) is 25.8. The van der Waals surface area contributed by atoms with Crippen LogP contribution in [-0.2, 0) is 4.74 Å². The van der Waals surface area contributed by atoms with Gasteiger partial charge in [0.25, 0.3) is 0 Å². The van der Waals surface area contributed by atoms with Crippen LogP contribution < -0.4 is 5.73 Å². The lowest BCUT2D eigenvalue weighted by molar-refractivity contribution is 0.112. The van der Waals surface area contributed by atoms with Gasteiger partial charge in [-0.05, 0) is 69.3 Å². The van der Waals surface area contributed by atoms with Gasteiger partial charge in [-0.3, -0.25) is 9.78 Å². The largest absolute Gasteiger partial charge is 0.501 e. The van der Waals surface area contributed by atoms with Gasteiger partial charge in [0.1, 0.15) is 5.76 Å². The van der Waals surface area contributed by atoms with E-state index in [9.17, 15) is 4.79 Å². The van der Waals surface area contributed by atoms with Gasteiger partial charge in [-0.15, -0.1) is 0 Å². The number of pyridine rings is 1. The molecule has 0 bridgehead atoms. The molecule has 8 heteroatoms. The lowest BCUT2D eigenvalue weighted by Gasteiger charge is -2.13. The minimum atomic E-state index is 0.495. The highest BCUT2D eigenvalue weighted by atomic mass is 35.5. The van der Waals surface area contributed by atoms with Gasteiger partial charge in [0.05, 0.1) is 24.7 Å². The van der Waals surface area contributed by atoms with Crippen LogP contribution in [0.1, 0.15) is 54.9 Å². The molecule has 0 aliphatic carbocycles. The molecule has 0 aliphatic rings. The summed E-state index contributed by atoms with van der Waals surface area (Å²) < 4.78 is 7.30. The van der Waals surface area contributed by atoms with Gasteiger partial charge in [-0.2, -0.15) is 5.10 Å². The standard InChI is InChI=1S/C23H21Cl2N3O2.C2H6.CH5N/c1-14(5-22(16(3)30-4)18-6-17(13-29)11-26-12-18)23-15(2)10-27-28(23)21-8-19(24)7-20(25)9-21;2*1-2/h5-13H,1-4H3;1-2H3;2H2,1H3/b14-5+,22-16-;;. The molecule has 0 aliphatic heterocycles. The fourth-order valence-corrected chi connectivity index (χ4v) is 3.73. The number of methoxy groups -OCH3 is 1. The molecule has 0 unspecified atom stereocenters. The van der Waals surface area contributed by atoms with Crippen molar-refractivity contribution in [3.63, 3.8) is 0 Å². The van der Waals surface area contributed by atoms with E-state index < -0.39 is 0 Å². The molecule has 34 heavy (non-hydrogen) atoms. The van der Waals surface area contributed by atoms with Crippen molar-refractivity contribution in [2.75, 3.05) is 14.2 Å². The SMILES string of the molecule is CC.CN.CO/C(C)=C(/C=C(\C)c1c(C)cnn1-c1cc(Cl)cc(Cl)c1)c1cncc(C=O)c1. The Labute approximate surface area is 212 Å². The Morgan fingerprint density at radius 1 is 1.03 bits per heavy atom. The monoisotopic (exact) mass is 502 g/mol. The van der Waals surface area contributed by atoms with E-state index in [2.05, 4.69) is 15.8 Å². The maximum absolute atomic E-state index is 11.2. The Morgan fingerprint density at radius 2 is 1.65 bits per heavy atom. The van der Waals surface area contributed by atoms with Crippen LogP contribution in [0.5, 0.6) is 0 Å². The van der Waals surface area contributed by atoms with E-state index in [1.54, 1.807) is 36.3 Å². The lowest BCUT2D eigenvalue weighted by Crippen LogP contribution is -2.02. The number of aldehydes is 1. The first-order valence-corrected chi connectivity index (χ1v) is 11.5. The zero-order valence-electron chi connectivity index (χ0n) is 20.7. The highest BCUT2D eigenvalue weighted by Gasteiger charge is 2.15. The zero-order valence-corrected chi connectivity index (χ0v) is 22.2. The summed E-state index contributed by atoms with van der Waals surface area (Å²) in [6, 6.07) is 7.08. The van der Waals surface area contributed by atoms with Gasteiger partial charge in [0.15, 0.2) is 6.29 Å². The van der Waals surface area contributed by atoms with Crippen molar-refractivity contribution in [1.82, 2.24) is 14.8 Å². The van der Waals surface area contributed by atoms with Crippen LogP contribution in [0.2, 0.25) is 10.0 Å². The Kier molecular flexibility index (Phi) is 12.3. The van der Waals surface area contributed by atoms with E-state index in [-0.39, 0.29) is 0 Å². The predicted octanol–water partition coefficient (Wildman–Crippen LogP) is 6.78. The van der Waals surface area contributed by atoms with E-state index in [4.69, 9.17) is 27.9 Å². The van der Waals surface area contributed by atoms with Gasteiger partial charge >= 0.3 is 0 Å². The third-order valence-corrected chi connectivity index (χ3v) is 5.11. The molecule has 0 radical (unpaired) electrons. The summed E-state index contributed by atoms with van der Waals surface area (Å²) >= 11 is 12.4. The molecule has 0 saturated heterocycles. The summed E-state index contributed by atoms with van der Waals surface area (Å²) in [4.78, 5) is 15.4. The number of halogens is 2. The van der Waals surface area contributed by atoms with Crippen molar-refractivity contribution in [3.8, 4) is 5.69 Å². The second kappa shape index (κ2) is 14.4. The third kappa shape index (κ3) is 7.29. The van der Waals surface area contributed by atoms with Crippen molar-refractivity contribution in [3.05, 3.63) is 87.1 Å². The predicted molar refractivity (Wildman–Crippen MR) is 143 cm³/mol. The summed E-state index contributed by atoms with van der Waals surface area (Å²) in [7, 11) is 3.11. The Balaban J connectivity index is 0.00000137. The first-order chi connectivity index (χ1) is 16.3. The number of aryl methyl sites for hydroxylation is 1. The van der Waals surface area contributed by atoms with Gasteiger partial charge in [-0.25, -0.2) is 4.68 Å².